The van der Waals surface area contributed by atoms with Crippen molar-refractivity contribution in [3.63, 3.8) is 0 Å². The van der Waals surface area contributed by atoms with Crippen LogP contribution in [0.15, 0.2) is 0 Å². The zero-order chi connectivity index (χ0) is 12.8. The van der Waals surface area contributed by atoms with Gasteiger partial charge in [0.2, 0.25) is 5.91 Å². The number of nitrogens with zero attached hydrogens (tertiary/aromatic N) is 3. The summed E-state index contributed by atoms with van der Waals surface area (Å²) in [5.41, 5.74) is 0. The summed E-state index contributed by atoms with van der Waals surface area (Å²) in [6.45, 7) is 3.08. The van der Waals surface area contributed by atoms with Gasteiger partial charge in [-0.1, -0.05) is 18.6 Å². The molecular formula is C11H21ClN6O. The van der Waals surface area contributed by atoms with Crippen LogP contribution in [0.5, 0.6) is 0 Å². The fourth-order valence-electron chi connectivity index (χ4n) is 2.28. The van der Waals surface area contributed by atoms with Gasteiger partial charge in [-0.2, -0.15) is 5.21 Å². The van der Waals surface area contributed by atoms with E-state index in [4.69, 9.17) is 0 Å². The third-order valence-electron chi connectivity index (χ3n) is 3.18. The molecule has 1 fully saturated rings. The molecule has 1 saturated heterocycles. The lowest BCUT2D eigenvalue weighted by Crippen LogP contribution is -2.34. The Bertz CT molecular complexity index is 365. The number of halogens is 1. The maximum absolute atomic E-state index is 11.9. The highest BCUT2D eigenvalue weighted by atomic mass is 35.5. The molecule has 1 aromatic rings. The molecule has 1 aliphatic heterocycles. The summed E-state index contributed by atoms with van der Waals surface area (Å²) < 4.78 is 0. The van der Waals surface area contributed by atoms with Crippen molar-refractivity contribution in [1.82, 2.24) is 31.3 Å². The van der Waals surface area contributed by atoms with Crippen LogP contribution in [-0.2, 0) is 4.79 Å². The minimum Gasteiger partial charge on any atom is -0.346 e. The lowest BCUT2D eigenvalue weighted by atomic mass is 10.1. The second-order valence-corrected chi connectivity index (χ2v) is 4.68. The number of carbonyl (C=O) groups is 1. The van der Waals surface area contributed by atoms with Crippen molar-refractivity contribution in [3.8, 4) is 0 Å². The Morgan fingerprint density at radius 1 is 1.58 bits per heavy atom. The molecule has 0 bridgehead atoms. The molecule has 108 valence electrons. The van der Waals surface area contributed by atoms with Crippen molar-refractivity contribution in [2.45, 2.75) is 51.1 Å². The van der Waals surface area contributed by atoms with Gasteiger partial charge in [-0.15, -0.1) is 22.6 Å². The van der Waals surface area contributed by atoms with Crippen LogP contribution in [0.1, 0.15) is 50.9 Å². The van der Waals surface area contributed by atoms with E-state index >= 15 is 0 Å². The molecule has 3 N–H and O–H groups in total. The summed E-state index contributed by atoms with van der Waals surface area (Å²) in [6.07, 6.45) is 4.54. The van der Waals surface area contributed by atoms with Crippen molar-refractivity contribution < 1.29 is 4.79 Å². The molecule has 0 aliphatic carbocycles. The molecular weight excluding hydrogens is 268 g/mol. The third kappa shape index (κ3) is 4.76. The number of amides is 1. The first-order chi connectivity index (χ1) is 8.79. The predicted molar refractivity (Wildman–Crippen MR) is 72.9 cm³/mol. The van der Waals surface area contributed by atoms with E-state index in [0.29, 0.717) is 18.3 Å². The number of tetrazole rings is 1. The van der Waals surface area contributed by atoms with Crippen LogP contribution >= 0.6 is 12.4 Å². The van der Waals surface area contributed by atoms with E-state index in [-0.39, 0.29) is 24.4 Å². The minimum atomic E-state index is -0.136. The Balaban J connectivity index is 0.00000180. The van der Waals surface area contributed by atoms with Gasteiger partial charge in [0.05, 0.1) is 6.04 Å². The maximum Gasteiger partial charge on any atom is 0.222 e. The second kappa shape index (κ2) is 8.06. The van der Waals surface area contributed by atoms with Crippen LogP contribution in [0.4, 0.5) is 0 Å². The Labute approximate surface area is 118 Å². The van der Waals surface area contributed by atoms with Crippen molar-refractivity contribution in [2.75, 3.05) is 6.54 Å². The number of aromatic nitrogens is 4. The molecule has 0 saturated carbocycles. The summed E-state index contributed by atoms with van der Waals surface area (Å²) in [5, 5.41) is 20.1. The molecule has 0 aromatic carbocycles. The first-order valence-corrected chi connectivity index (χ1v) is 6.55. The first kappa shape index (κ1) is 15.8. The van der Waals surface area contributed by atoms with Gasteiger partial charge in [-0.25, -0.2) is 0 Å². The third-order valence-corrected chi connectivity index (χ3v) is 3.18. The summed E-state index contributed by atoms with van der Waals surface area (Å²) in [6, 6.07) is 0.181. The van der Waals surface area contributed by atoms with E-state index in [1.54, 1.807) is 0 Å². The van der Waals surface area contributed by atoms with Crippen molar-refractivity contribution in [1.29, 1.82) is 0 Å². The Hall–Kier alpha value is -1.21. The van der Waals surface area contributed by atoms with Crippen LogP contribution in [0.25, 0.3) is 0 Å². The highest BCUT2D eigenvalue weighted by Gasteiger charge is 2.21. The van der Waals surface area contributed by atoms with Crippen molar-refractivity contribution >= 4 is 18.3 Å². The quantitative estimate of drug-likeness (QED) is 0.717. The van der Waals surface area contributed by atoms with Crippen molar-refractivity contribution in [3.05, 3.63) is 5.82 Å². The average molecular weight is 289 g/mol. The summed E-state index contributed by atoms with van der Waals surface area (Å²) in [5.74, 6) is 0.613. The van der Waals surface area contributed by atoms with Gasteiger partial charge in [-0.05, 0) is 25.8 Å². The normalized spacial score (nSPS) is 19.7. The lowest BCUT2D eigenvalue weighted by Gasteiger charge is -2.16. The van der Waals surface area contributed by atoms with E-state index in [0.717, 1.165) is 32.2 Å². The largest absolute Gasteiger partial charge is 0.346 e. The SMILES string of the molecule is CCCC(NC(=O)CC1CCCN1)c1nn[nH]n1.Cl. The molecule has 7 nitrogen and oxygen atoms in total. The highest BCUT2D eigenvalue weighted by molar-refractivity contribution is 5.85. The number of H-pyrrole nitrogens is 1. The van der Waals surface area contributed by atoms with Crippen LogP contribution < -0.4 is 10.6 Å². The molecule has 2 rings (SSSR count). The van der Waals surface area contributed by atoms with Gasteiger partial charge >= 0.3 is 0 Å². The van der Waals surface area contributed by atoms with Gasteiger partial charge in [0.15, 0.2) is 5.82 Å². The molecule has 1 aliphatic rings. The van der Waals surface area contributed by atoms with E-state index in [2.05, 4.69) is 38.2 Å². The second-order valence-electron chi connectivity index (χ2n) is 4.68. The van der Waals surface area contributed by atoms with Gasteiger partial charge in [-0.3, -0.25) is 4.79 Å². The van der Waals surface area contributed by atoms with E-state index < -0.39 is 0 Å². The minimum absolute atomic E-state index is 0. The smallest absolute Gasteiger partial charge is 0.222 e. The van der Waals surface area contributed by atoms with Crippen LogP contribution in [0, 0.1) is 0 Å². The number of rotatable bonds is 6. The van der Waals surface area contributed by atoms with Crippen LogP contribution in [0.3, 0.4) is 0 Å². The van der Waals surface area contributed by atoms with E-state index in [1.165, 1.54) is 0 Å². The predicted octanol–water partition coefficient (Wildman–Crippen LogP) is 0.721. The fraction of sp³-hybridized carbons (Fsp3) is 0.818. The zero-order valence-corrected chi connectivity index (χ0v) is 11.9. The lowest BCUT2D eigenvalue weighted by molar-refractivity contribution is -0.122. The number of hydrogen-bond donors (Lipinski definition) is 3. The fourth-order valence-corrected chi connectivity index (χ4v) is 2.28. The Kier molecular flexibility index (Phi) is 6.72. The number of hydrogen-bond acceptors (Lipinski definition) is 5. The van der Waals surface area contributed by atoms with Gasteiger partial charge in [0, 0.05) is 12.5 Å². The summed E-state index contributed by atoms with van der Waals surface area (Å²) >= 11 is 0. The highest BCUT2D eigenvalue weighted by Crippen LogP contribution is 2.14. The summed E-state index contributed by atoms with van der Waals surface area (Å²) in [4.78, 5) is 11.9. The molecule has 1 amide bonds. The molecule has 2 atom stereocenters. The topological polar surface area (TPSA) is 95.6 Å². The average Bonchev–Trinajstić information content (AvgIpc) is 3.00. The van der Waals surface area contributed by atoms with E-state index in [9.17, 15) is 4.79 Å². The number of aromatic amines is 1. The number of nitrogens with one attached hydrogen (secondary N) is 3. The Morgan fingerprint density at radius 2 is 2.42 bits per heavy atom. The molecule has 1 aromatic heterocycles. The van der Waals surface area contributed by atoms with Gasteiger partial charge < -0.3 is 10.6 Å². The first-order valence-electron chi connectivity index (χ1n) is 6.55. The molecule has 2 unspecified atom stereocenters. The molecule has 2 heterocycles. The summed E-state index contributed by atoms with van der Waals surface area (Å²) in [7, 11) is 0. The molecule has 8 heteroatoms. The zero-order valence-electron chi connectivity index (χ0n) is 11.1. The van der Waals surface area contributed by atoms with Crippen LogP contribution in [0.2, 0.25) is 0 Å². The maximum atomic E-state index is 11.9. The Morgan fingerprint density at radius 3 is 3.00 bits per heavy atom. The molecule has 0 radical (unpaired) electrons. The van der Waals surface area contributed by atoms with Gasteiger partial charge in [0.1, 0.15) is 0 Å². The van der Waals surface area contributed by atoms with E-state index in [1.807, 2.05) is 0 Å². The molecule has 0 spiro atoms. The molecule has 19 heavy (non-hydrogen) atoms. The van der Waals surface area contributed by atoms with Crippen LogP contribution in [-0.4, -0.2) is 39.1 Å². The number of carbonyl (C=O) groups excluding carboxylic acids is 1. The monoisotopic (exact) mass is 288 g/mol. The standard InChI is InChI=1S/C11H20N6O.ClH/c1-2-4-9(11-14-16-17-15-11)13-10(18)7-8-5-3-6-12-8;/h8-9,12H,2-7H2,1H3,(H,13,18)(H,14,15,16,17);1H. The van der Waals surface area contributed by atoms with Gasteiger partial charge in [0.25, 0.3) is 0 Å². The van der Waals surface area contributed by atoms with Crippen molar-refractivity contribution in [2.24, 2.45) is 0 Å².